The van der Waals surface area contributed by atoms with Crippen LogP contribution in [0.3, 0.4) is 0 Å². The minimum atomic E-state index is 0.245. The average molecular weight is 271 g/mol. The maximum atomic E-state index is 9.32. The number of nitrogens with zero attached hydrogens (tertiary/aromatic N) is 1. The topological polar surface area (TPSA) is 23.8 Å². The predicted octanol–water partition coefficient (Wildman–Crippen LogP) is 4.60. The molecular weight excluding hydrogens is 250 g/mol. The van der Waals surface area contributed by atoms with Gasteiger partial charge in [-0.3, -0.25) is 0 Å². The highest BCUT2D eigenvalue weighted by atomic mass is 32.2. The summed E-state index contributed by atoms with van der Waals surface area (Å²) in [6, 6.07) is 9.47. The minimum absolute atomic E-state index is 0.245. The number of rotatable bonds is 2. The van der Waals surface area contributed by atoms with E-state index in [9.17, 15) is 5.26 Å². The van der Waals surface area contributed by atoms with Crippen LogP contribution in [0.2, 0.25) is 0 Å². The standard InChI is InChI=1S/C17H21NS/c1-12-5-6-15(11-18)17(9-12)19-16-8-7-13-3-2-4-14(13)10-16/h7-8,10,12,15,17H,2-6,9H2,1H3. The molecule has 1 fully saturated rings. The third kappa shape index (κ3) is 2.82. The van der Waals surface area contributed by atoms with E-state index in [1.165, 1.54) is 42.6 Å². The number of aryl methyl sites for hydroxylation is 2. The van der Waals surface area contributed by atoms with Crippen molar-refractivity contribution in [3.05, 3.63) is 29.3 Å². The van der Waals surface area contributed by atoms with E-state index in [4.69, 9.17) is 0 Å². The van der Waals surface area contributed by atoms with Gasteiger partial charge in [0.15, 0.2) is 0 Å². The Kier molecular flexibility index (Phi) is 3.84. The first kappa shape index (κ1) is 13.1. The molecule has 0 N–H and O–H groups in total. The minimum Gasteiger partial charge on any atom is -0.198 e. The molecule has 0 amide bonds. The first-order chi connectivity index (χ1) is 9.26. The Balaban J connectivity index is 1.74. The fourth-order valence-electron chi connectivity index (χ4n) is 3.40. The molecule has 1 nitrogen and oxygen atoms in total. The number of nitriles is 1. The molecule has 0 radical (unpaired) electrons. The van der Waals surface area contributed by atoms with E-state index >= 15 is 0 Å². The van der Waals surface area contributed by atoms with Gasteiger partial charge in [-0.2, -0.15) is 5.26 Å². The van der Waals surface area contributed by atoms with E-state index in [2.05, 4.69) is 31.2 Å². The van der Waals surface area contributed by atoms with Crippen molar-refractivity contribution in [2.45, 2.75) is 55.6 Å². The van der Waals surface area contributed by atoms with Gasteiger partial charge in [-0.15, -0.1) is 11.8 Å². The Morgan fingerprint density at radius 2 is 2.05 bits per heavy atom. The maximum absolute atomic E-state index is 9.32. The van der Waals surface area contributed by atoms with Crippen LogP contribution in [-0.2, 0) is 12.8 Å². The summed E-state index contributed by atoms with van der Waals surface area (Å²) in [4.78, 5) is 1.38. The van der Waals surface area contributed by atoms with Gasteiger partial charge in [0.1, 0.15) is 0 Å². The molecule has 0 aromatic heterocycles. The molecule has 0 spiro atoms. The van der Waals surface area contributed by atoms with Crippen LogP contribution in [-0.4, -0.2) is 5.25 Å². The monoisotopic (exact) mass is 271 g/mol. The molecule has 100 valence electrons. The van der Waals surface area contributed by atoms with Crippen LogP contribution in [0, 0.1) is 23.2 Å². The molecule has 3 rings (SSSR count). The fourth-order valence-corrected chi connectivity index (χ4v) is 4.90. The highest BCUT2D eigenvalue weighted by Crippen LogP contribution is 2.40. The Labute approximate surface area is 120 Å². The van der Waals surface area contributed by atoms with E-state index in [1.807, 2.05) is 11.8 Å². The van der Waals surface area contributed by atoms with Gasteiger partial charge in [0.05, 0.1) is 12.0 Å². The summed E-state index contributed by atoms with van der Waals surface area (Å²) < 4.78 is 0. The van der Waals surface area contributed by atoms with Crippen LogP contribution < -0.4 is 0 Å². The van der Waals surface area contributed by atoms with E-state index < -0.39 is 0 Å². The third-order valence-corrected chi connectivity index (χ3v) is 5.93. The predicted molar refractivity (Wildman–Crippen MR) is 80.2 cm³/mol. The van der Waals surface area contributed by atoms with E-state index in [0.717, 1.165) is 12.3 Å². The maximum Gasteiger partial charge on any atom is 0.0667 e. The molecule has 2 heteroatoms. The summed E-state index contributed by atoms with van der Waals surface area (Å²) in [6.07, 6.45) is 7.30. The lowest BCUT2D eigenvalue weighted by Gasteiger charge is -2.30. The van der Waals surface area contributed by atoms with Crippen LogP contribution >= 0.6 is 11.8 Å². The highest BCUT2D eigenvalue weighted by molar-refractivity contribution is 8.00. The molecule has 3 unspecified atom stereocenters. The van der Waals surface area contributed by atoms with Gasteiger partial charge in [0, 0.05) is 10.1 Å². The highest BCUT2D eigenvalue weighted by Gasteiger charge is 2.29. The zero-order valence-electron chi connectivity index (χ0n) is 11.6. The zero-order chi connectivity index (χ0) is 13.2. The molecule has 19 heavy (non-hydrogen) atoms. The van der Waals surface area contributed by atoms with Crippen molar-refractivity contribution in [3.8, 4) is 6.07 Å². The SMILES string of the molecule is CC1CCC(C#N)C(Sc2ccc3c(c2)CCC3)C1. The summed E-state index contributed by atoms with van der Waals surface area (Å²) in [5.41, 5.74) is 3.08. The van der Waals surface area contributed by atoms with Gasteiger partial charge in [0.25, 0.3) is 0 Å². The smallest absolute Gasteiger partial charge is 0.0667 e. The van der Waals surface area contributed by atoms with Crippen LogP contribution in [0.5, 0.6) is 0 Å². The van der Waals surface area contributed by atoms with Gasteiger partial charge in [-0.05, 0) is 67.7 Å². The summed E-state index contributed by atoms with van der Waals surface area (Å²) >= 11 is 1.94. The largest absolute Gasteiger partial charge is 0.198 e. The zero-order valence-corrected chi connectivity index (χ0v) is 12.4. The van der Waals surface area contributed by atoms with E-state index in [1.54, 1.807) is 5.56 Å². The summed E-state index contributed by atoms with van der Waals surface area (Å²) in [5.74, 6) is 1.02. The average Bonchev–Trinajstić information content (AvgIpc) is 2.86. The summed E-state index contributed by atoms with van der Waals surface area (Å²) in [6.45, 7) is 2.32. The molecular formula is C17H21NS. The van der Waals surface area contributed by atoms with Crippen LogP contribution in [0.4, 0.5) is 0 Å². The first-order valence-corrected chi connectivity index (χ1v) is 8.32. The first-order valence-electron chi connectivity index (χ1n) is 7.44. The van der Waals surface area contributed by atoms with Crippen LogP contribution in [0.1, 0.15) is 43.7 Å². The molecule has 2 aliphatic carbocycles. The van der Waals surface area contributed by atoms with Crippen molar-refractivity contribution < 1.29 is 0 Å². The molecule has 1 saturated carbocycles. The molecule has 0 heterocycles. The molecule has 0 saturated heterocycles. The van der Waals surface area contributed by atoms with E-state index in [0.29, 0.717) is 5.25 Å². The number of thioether (sulfide) groups is 1. The Morgan fingerprint density at radius 3 is 2.89 bits per heavy atom. The van der Waals surface area contributed by atoms with Crippen molar-refractivity contribution in [2.24, 2.45) is 11.8 Å². The Hall–Kier alpha value is -0.940. The number of hydrogen-bond acceptors (Lipinski definition) is 2. The number of benzene rings is 1. The van der Waals surface area contributed by atoms with Crippen molar-refractivity contribution in [1.29, 1.82) is 5.26 Å². The van der Waals surface area contributed by atoms with Gasteiger partial charge in [-0.25, -0.2) is 0 Å². The fraction of sp³-hybridized carbons (Fsp3) is 0.588. The van der Waals surface area contributed by atoms with E-state index in [-0.39, 0.29) is 5.92 Å². The summed E-state index contributed by atoms with van der Waals surface area (Å²) in [7, 11) is 0. The summed E-state index contributed by atoms with van der Waals surface area (Å²) in [5, 5.41) is 9.81. The second kappa shape index (κ2) is 5.59. The van der Waals surface area contributed by atoms with Gasteiger partial charge >= 0.3 is 0 Å². The molecule has 0 aliphatic heterocycles. The second-order valence-corrected chi connectivity index (χ2v) is 7.41. The normalized spacial score (nSPS) is 29.8. The molecule has 1 aromatic rings. The van der Waals surface area contributed by atoms with Crippen molar-refractivity contribution in [3.63, 3.8) is 0 Å². The Bertz CT molecular complexity index is 502. The molecule has 2 aliphatic rings. The molecule has 3 atom stereocenters. The van der Waals surface area contributed by atoms with Gasteiger partial charge in [-0.1, -0.05) is 13.0 Å². The lowest BCUT2D eigenvalue weighted by Crippen LogP contribution is -2.24. The van der Waals surface area contributed by atoms with Gasteiger partial charge in [0.2, 0.25) is 0 Å². The lowest BCUT2D eigenvalue weighted by molar-refractivity contribution is 0.346. The number of fused-ring (bicyclic) bond motifs is 1. The Morgan fingerprint density at radius 1 is 1.21 bits per heavy atom. The molecule has 0 bridgehead atoms. The second-order valence-electron chi connectivity index (χ2n) is 6.09. The quantitative estimate of drug-likeness (QED) is 0.785. The molecule has 1 aromatic carbocycles. The lowest BCUT2D eigenvalue weighted by atomic mass is 9.83. The third-order valence-electron chi connectivity index (χ3n) is 4.58. The van der Waals surface area contributed by atoms with Gasteiger partial charge < -0.3 is 0 Å². The number of hydrogen-bond donors (Lipinski definition) is 0. The van der Waals surface area contributed by atoms with Crippen LogP contribution in [0.15, 0.2) is 23.1 Å². The van der Waals surface area contributed by atoms with Crippen molar-refractivity contribution in [2.75, 3.05) is 0 Å². The van der Waals surface area contributed by atoms with Crippen molar-refractivity contribution in [1.82, 2.24) is 0 Å². The van der Waals surface area contributed by atoms with Crippen molar-refractivity contribution >= 4 is 11.8 Å². The van der Waals surface area contributed by atoms with Crippen LogP contribution in [0.25, 0.3) is 0 Å².